The van der Waals surface area contributed by atoms with Gasteiger partial charge in [-0.3, -0.25) is 14.7 Å². The molecule has 1 aliphatic heterocycles. The SMILES string of the molecule is CCNC(=NCC(CC)CC)N1CCN(CC(=O)NC(C)C)CC1. The van der Waals surface area contributed by atoms with Crippen LogP contribution in [0.25, 0.3) is 0 Å². The summed E-state index contributed by atoms with van der Waals surface area (Å²) in [5.41, 5.74) is 0. The van der Waals surface area contributed by atoms with Gasteiger partial charge in [0.15, 0.2) is 5.96 Å². The van der Waals surface area contributed by atoms with Crippen molar-refractivity contribution in [3.05, 3.63) is 0 Å². The minimum Gasteiger partial charge on any atom is -0.357 e. The molecule has 0 aromatic rings. The van der Waals surface area contributed by atoms with Crippen LogP contribution in [-0.4, -0.2) is 73.5 Å². The molecule has 1 aliphatic rings. The van der Waals surface area contributed by atoms with Gasteiger partial charge in [-0.25, -0.2) is 0 Å². The van der Waals surface area contributed by atoms with Gasteiger partial charge in [0.1, 0.15) is 0 Å². The van der Waals surface area contributed by atoms with Crippen molar-refractivity contribution in [3.8, 4) is 0 Å². The summed E-state index contributed by atoms with van der Waals surface area (Å²) < 4.78 is 0. The molecule has 0 aromatic carbocycles. The van der Waals surface area contributed by atoms with Crippen molar-refractivity contribution in [2.24, 2.45) is 10.9 Å². The van der Waals surface area contributed by atoms with Gasteiger partial charge in [0.25, 0.3) is 0 Å². The predicted octanol–water partition coefficient (Wildman–Crippen LogP) is 1.53. The number of nitrogens with one attached hydrogen (secondary N) is 2. The molecule has 0 saturated carbocycles. The molecule has 0 bridgehead atoms. The minimum absolute atomic E-state index is 0.118. The van der Waals surface area contributed by atoms with E-state index in [0.717, 1.165) is 45.2 Å². The van der Waals surface area contributed by atoms with Crippen LogP contribution in [0.3, 0.4) is 0 Å². The summed E-state index contributed by atoms with van der Waals surface area (Å²) in [7, 11) is 0. The monoisotopic (exact) mass is 339 g/mol. The quantitative estimate of drug-likeness (QED) is 0.520. The third kappa shape index (κ3) is 7.51. The van der Waals surface area contributed by atoms with E-state index in [2.05, 4.69) is 41.2 Å². The van der Waals surface area contributed by atoms with Crippen molar-refractivity contribution >= 4 is 11.9 Å². The standard InChI is InChI=1S/C18H37N5O/c1-6-16(7-2)13-20-18(19-8-3)23-11-9-22(10-12-23)14-17(24)21-15(4)5/h15-16H,6-14H2,1-5H3,(H,19,20)(H,21,24). The summed E-state index contributed by atoms with van der Waals surface area (Å²) in [6, 6.07) is 0.205. The van der Waals surface area contributed by atoms with Gasteiger partial charge in [-0.05, 0) is 26.7 Å². The van der Waals surface area contributed by atoms with Gasteiger partial charge < -0.3 is 15.5 Å². The average molecular weight is 340 g/mol. The van der Waals surface area contributed by atoms with Gasteiger partial charge in [-0.2, -0.15) is 0 Å². The van der Waals surface area contributed by atoms with Gasteiger partial charge in [0.05, 0.1) is 6.54 Å². The molecule has 24 heavy (non-hydrogen) atoms. The lowest BCUT2D eigenvalue weighted by molar-refractivity contribution is -0.123. The summed E-state index contributed by atoms with van der Waals surface area (Å²) in [5.74, 6) is 1.81. The summed E-state index contributed by atoms with van der Waals surface area (Å²) in [4.78, 5) is 21.3. The molecule has 1 rings (SSSR count). The van der Waals surface area contributed by atoms with Gasteiger partial charge in [-0.1, -0.05) is 26.7 Å². The number of piperazine rings is 1. The molecular weight excluding hydrogens is 302 g/mol. The molecule has 6 nitrogen and oxygen atoms in total. The molecule has 1 heterocycles. The van der Waals surface area contributed by atoms with E-state index in [1.54, 1.807) is 0 Å². The second-order valence-electron chi connectivity index (χ2n) is 6.86. The highest BCUT2D eigenvalue weighted by atomic mass is 16.2. The van der Waals surface area contributed by atoms with Gasteiger partial charge in [0, 0.05) is 45.3 Å². The number of aliphatic imine (C=N–C) groups is 1. The lowest BCUT2D eigenvalue weighted by Crippen LogP contribution is -2.54. The molecule has 0 aliphatic carbocycles. The van der Waals surface area contributed by atoms with Crippen molar-refractivity contribution < 1.29 is 4.79 Å². The Bertz CT molecular complexity index is 385. The molecule has 0 unspecified atom stereocenters. The number of guanidine groups is 1. The Kier molecular flexibility index (Phi) is 9.76. The first kappa shape index (κ1) is 20.7. The Morgan fingerprint density at radius 2 is 1.71 bits per heavy atom. The van der Waals surface area contributed by atoms with E-state index >= 15 is 0 Å². The Morgan fingerprint density at radius 3 is 2.21 bits per heavy atom. The highest BCUT2D eigenvalue weighted by molar-refractivity contribution is 5.80. The van der Waals surface area contributed by atoms with Crippen LogP contribution in [0.5, 0.6) is 0 Å². The molecule has 1 amide bonds. The Labute approximate surface area is 148 Å². The fourth-order valence-corrected chi connectivity index (χ4v) is 2.88. The van der Waals surface area contributed by atoms with Crippen molar-refractivity contribution in [2.75, 3.05) is 45.8 Å². The van der Waals surface area contributed by atoms with Crippen LogP contribution < -0.4 is 10.6 Å². The molecular formula is C18H37N5O. The molecule has 0 atom stereocenters. The molecule has 140 valence electrons. The first-order chi connectivity index (χ1) is 11.5. The van der Waals surface area contributed by atoms with Crippen LogP contribution in [-0.2, 0) is 4.79 Å². The first-order valence-electron chi connectivity index (χ1n) is 9.55. The summed E-state index contributed by atoms with van der Waals surface area (Å²) in [5, 5.41) is 6.38. The second kappa shape index (κ2) is 11.3. The van der Waals surface area contributed by atoms with Crippen LogP contribution in [0.1, 0.15) is 47.5 Å². The number of hydrogen-bond donors (Lipinski definition) is 2. The van der Waals surface area contributed by atoms with Crippen LogP contribution >= 0.6 is 0 Å². The summed E-state index contributed by atoms with van der Waals surface area (Å²) in [6.07, 6.45) is 2.36. The molecule has 0 aromatic heterocycles. The molecule has 2 N–H and O–H groups in total. The zero-order valence-electron chi connectivity index (χ0n) is 16.3. The maximum Gasteiger partial charge on any atom is 0.234 e. The molecule has 1 fully saturated rings. The lowest BCUT2D eigenvalue weighted by Gasteiger charge is -2.36. The van der Waals surface area contributed by atoms with E-state index in [1.807, 2.05) is 13.8 Å². The predicted molar refractivity (Wildman–Crippen MR) is 101 cm³/mol. The number of rotatable bonds is 8. The van der Waals surface area contributed by atoms with Gasteiger partial charge in [-0.15, -0.1) is 0 Å². The Hall–Kier alpha value is -1.30. The summed E-state index contributed by atoms with van der Waals surface area (Å²) >= 11 is 0. The second-order valence-corrected chi connectivity index (χ2v) is 6.86. The number of carbonyl (C=O) groups excluding carboxylic acids is 1. The minimum atomic E-state index is 0.118. The third-order valence-corrected chi connectivity index (χ3v) is 4.48. The van der Waals surface area contributed by atoms with Crippen LogP contribution in [0.2, 0.25) is 0 Å². The van der Waals surface area contributed by atoms with Crippen LogP contribution in [0, 0.1) is 5.92 Å². The van der Waals surface area contributed by atoms with Crippen molar-refractivity contribution in [3.63, 3.8) is 0 Å². The Balaban J connectivity index is 2.49. The molecule has 0 spiro atoms. The fourth-order valence-electron chi connectivity index (χ4n) is 2.88. The van der Waals surface area contributed by atoms with E-state index in [9.17, 15) is 4.79 Å². The molecule has 0 radical (unpaired) electrons. The van der Waals surface area contributed by atoms with E-state index in [1.165, 1.54) is 12.8 Å². The fraction of sp³-hybridized carbons (Fsp3) is 0.889. The van der Waals surface area contributed by atoms with E-state index < -0.39 is 0 Å². The topological polar surface area (TPSA) is 60.0 Å². The summed E-state index contributed by atoms with van der Waals surface area (Å²) in [6.45, 7) is 16.5. The van der Waals surface area contributed by atoms with Gasteiger partial charge in [0.2, 0.25) is 5.91 Å². The van der Waals surface area contributed by atoms with Gasteiger partial charge >= 0.3 is 0 Å². The molecule has 6 heteroatoms. The maximum atomic E-state index is 11.9. The normalized spacial score (nSPS) is 16.8. The van der Waals surface area contributed by atoms with Crippen molar-refractivity contribution in [2.45, 2.75) is 53.5 Å². The third-order valence-electron chi connectivity index (χ3n) is 4.48. The van der Waals surface area contributed by atoms with E-state index in [4.69, 9.17) is 4.99 Å². The number of hydrogen-bond acceptors (Lipinski definition) is 3. The maximum absolute atomic E-state index is 11.9. The van der Waals surface area contributed by atoms with E-state index in [0.29, 0.717) is 12.5 Å². The van der Waals surface area contributed by atoms with Crippen molar-refractivity contribution in [1.29, 1.82) is 0 Å². The van der Waals surface area contributed by atoms with Crippen LogP contribution in [0.4, 0.5) is 0 Å². The van der Waals surface area contributed by atoms with E-state index in [-0.39, 0.29) is 11.9 Å². The number of carbonyl (C=O) groups is 1. The first-order valence-corrected chi connectivity index (χ1v) is 9.55. The zero-order chi connectivity index (χ0) is 17.9. The Morgan fingerprint density at radius 1 is 1.08 bits per heavy atom. The highest BCUT2D eigenvalue weighted by Crippen LogP contribution is 2.09. The smallest absolute Gasteiger partial charge is 0.234 e. The highest BCUT2D eigenvalue weighted by Gasteiger charge is 2.21. The van der Waals surface area contributed by atoms with Crippen molar-refractivity contribution in [1.82, 2.24) is 20.4 Å². The largest absolute Gasteiger partial charge is 0.357 e. The number of nitrogens with zero attached hydrogens (tertiary/aromatic N) is 3. The average Bonchev–Trinajstić information content (AvgIpc) is 2.54. The lowest BCUT2D eigenvalue weighted by atomic mass is 10.0. The molecule has 1 saturated heterocycles. The number of amides is 1. The zero-order valence-corrected chi connectivity index (χ0v) is 16.3. The van der Waals surface area contributed by atoms with Crippen LogP contribution in [0.15, 0.2) is 4.99 Å².